The van der Waals surface area contributed by atoms with Gasteiger partial charge in [0.2, 0.25) is 0 Å². The summed E-state index contributed by atoms with van der Waals surface area (Å²) in [6.45, 7) is 6.73. The van der Waals surface area contributed by atoms with Gasteiger partial charge in [0, 0.05) is 12.6 Å². The Morgan fingerprint density at radius 1 is 1.42 bits per heavy atom. The van der Waals surface area contributed by atoms with Gasteiger partial charge in [-0.15, -0.1) is 4.74 Å². The van der Waals surface area contributed by atoms with Crippen LogP contribution >= 0.6 is 0 Å². The number of amides is 1. The molecule has 0 aromatic carbocycles. The molecule has 1 atom stereocenters. The van der Waals surface area contributed by atoms with E-state index in [0.29, 0.717) is 18.4 Å². The van der Waals surface area contributed by atoms with Crippen LogP contribution in [-0.2, 0) is 12.8 Å². The van der Waals surface area contributed by atoms with E-state index in [2.05, 4.69) is 0 Å². The Morgan fingerprint density at radius 3 is 2.68 bits per heavy atom. The second kappa shape index (κ2) is 5.63. The number of rotatable bonds is 3. The molecule has 1 aliphatic rings. The average Bonchev–Trinajstić information content (AvgIpc) is 2.93. The SMILES string of the molecule is CCCc1c(CC)c(=O)on1C(=O)N1CCCC1C. The largest absolute Gasteiger partial charge is 0.361 e. The molecule has 2 heterocycles. The lowest BCUT2D eigenvalue weighted by Gasteiger charge is -2.21. The molecule has 5 nitrogen and oxygen atoms in total. The number of likely N-dealkylation sites (tertiary alicyclic amines) is 1. The molecule has 1 aromatic heterocycles. The van der Waals surface area contributed by atoms with Crippen LogP contribution in [0.5, 0.6) is 0 Å². The molecule has 1 aliphatic heterocycles. The maximum Gasteiger partial charge on any atom is 0.361 e. The number of hydrogen-bond acceptors (Lipinski definition) is 3. The first kappa shape index (κ1) is 13.9. The zero-order valence-corrected chi connectivity index (χ0v) is 11.9. The first-order valence-corrected chi connectivity index (χ1v) is 7.15. The standard InChI is InChI=1S/C14H22N2O3/c1-4-7-12-11(5-2)13(17)19-16(12)14(18)15-9-6-8-10(15)3/h10H,4-9H2,1-3H3. The third-order valence-corrected chi connectivity index (χ3v) is 3.83. The van der Waals surface area contributed by atoms with Crippen molar-refractivity contribution in [3.63, 3.8) is 0 Å². The Bertz CT molecular complexity index is 515. The lowest BCUT2D eigenvalue weighted by molar-refractivity contribution is 0.162. The fourth-order valence-electron chi connectivity index (χ4n) is 2.76. The van der Waals surface area contributed by atoms with Crippen molar-refractivity contribution in [3.8, 4) is 0 Å². The molecule has 19 heavy (non-hydrogen) atoms. The normalized spacial score (nSPS) is 19.1. The van der Waals surface area contributed by atoms with Gasteiger partial charge in [-0.05, 0) is 32.6 Å². The highest BCUT2D eigenvalue weighted by atomic mass is 16.5. The van der Waals surface area contributed by atoms with Gasteiger partial charge < -0.3 is 9.42 Å². The molecular weight excluding hydrogens is 244 g/mol. The highest BCUT2D eigenvalue weighted by Crippen LogP contribution is 2.19. The number of carbonyl (C=O) groups is 1. The highest BCUT2D eigenvalue weighted by Gasteiger charge is 2.30. The summed E-state index contributed by atoms with van der Waals surface area (Å²) in [4.78, 5) is 26.1. The van der Waals surface area contributed by atoms with E-state index in [-0.39, 0.29) is 17.7 Å². The Labute approximate surface area is 113 Å². The van der Waals surface area contributed by atoms with Gasteiger partial charge in [0.1, 0.15) is 0 Å². The van der Waals surface area contributed by atoms with E-state index in [1.165, 1.54) is 4.74 Å². The monoisotopic (exact) mass is 266 g/mol. The maximum atomic E-state index is 12.5. The summed E-state index contributed by atoms with van der Waals surface area (Å²) >= 11 is 0. The van der Waals surface area contributed by atoms with E-state index >= 15 is 0 Å². The molecule has 0 bridgehead atoms. The molecular formula is C14H22N2O3. The van der Waals surface area contributed by atoms with Gasteiger partial charge >= 0.3 is 11.7 Å². The predicted octanol–water partition coefficient (Wildman–Crippen LogP) is 2.41. The molecule has 0 saturated carbocycles. The molecule has 1 amide bonds. The molecule has 106 valence electrons. The van der Waals surface area contributed by atoms with Crippen LogP contribution in [0, 0.1) is 0 Å². The summed E-state index contributed by atoms with van der Waals surface area (Å²) in [6.07, 6.45) is 4.22. The van der Waals surface area contributed by atoms with Gasteiger partial charge in [-0.1, -0.05) is 20.3 Å². The van der Waals surface area contributed by atoms with Gasteiger partial charge in [0.25, 0.3) is 0 Å². The number of aromatic nitrogens is 1. The van der Waals surface area contributed by atoms with Gasteiger partial charge in [0.15, 0.2) is 0 Å². The molecule has 1 unspecified atom stereocenters. The third-order valence-electron chi connectivity index (χ3n) is 3.83. The summed E-state index contributed by atoms with van der Waals surface area (Å²) in [5.74, 6) is 0. The zero-order chi connectivity index (χ0) is 14.0. The van der Waals surface area contributed by atoms with E-state index in [9.17, 15) is 9.59 Å². The first-order chi connectivity index (χ1) is 9.10. The number of carbonyl (C=O) groups excluding carboxylic acids is 1. The molecule has 0 spiro atoms. The summed E-state index contributed by atoms with van der Waals surface area (Å²) in [5.41, 5.74) is 1.02. The van der Waals surface area contributed by atoms with Crippen molar-refractivity contribution < 1.29 is 9.32 Å². The second-order valence-electron chi connectivity index (χ2n) is 5.17. The van der Waals surface area contributed by atoms with Crippen molar-refractivity contribution in [1.29, 1.82) is 0 Å². The molecule has 1 aromatic rings. The Kier molecular flexibility index (Phi) is 4.12. The molecule has 0 radical (unpaired) electrons. The van der Waals surface area contributed by atoms with Crippen molar-refractivity contribution in [3.05, 3.63) is 21.7 Å². The summed E-state index contributed by atoms with van der Waals surface area (Å²) in [5, 5.41) is 0. The number of hydrogen-bond donors (Lipinski definition) is 0. The average molecular weight is 266 g/mol. The summed E-state index contributed by atoms with van der Waals surface area (Å²) < 4.78 is 6.41. The van der Waals surface area contributed by atoms with E-state index in [0.717, 1.165) is 31.5 Å². The van der Waals surface area contributed by atoms with Gasteiger partial charge in [-0.25, -0.2) is 9.59 Å². The van der Waals surface area contributed by atoms with Gasteiger partial charge in [0.05, 0.1) is 11.3 Å². The fraction of sp³-hybridized carbons (Fsp3) is 0.714. The smallest absolute Gasteiger partial charge is 0.327 e. The molecule has 1 saturated heterocycles. The topological polar surface area (TPSA) is 55.5 Å². The molecule has 1 fully saturated rings. The predicted molar refractivity (Wildman–Crippen MR) is 72.5 cm³/mol. The van der Waals surface area contributed by atoms with Crippen LogP contribution in [0.25, 0.3) is 0 Å². The molecule has 2 rings (SSSR count). The van der Waals surface area contributed by atoms with E-state index in [4.69, 9.17) is 4.52 Å². The van der Waals surface area contributed by atoms with E-state index in [1.807, 2.05) is 20.8 Å². The Morgan fingerprint density at radius 2 is 2.16 bits per heavy atom. The molecule has 0 aliphatic carbocycles. The van der Waals surface area contributed by atoms with E-state index in [1.54, 1.807) is 4.90 Å². The zero-order valence-electron chi connectivity index (χ0n) is 11.9. The van der Waals surface area contributed by atoms with Gasteiger partial charge in [-0.3, -0.25) is 0 Å². The van der Waals surface area contributed by atoms with Crippen LogP contribution in [0.2, 0.25) is 0 Å². The second-order valence-corrected chi connectivity index (χ2v) is 5.17. The quantitative estimate of drug-likeness (QED) is 0.844. The minimum absolute atomic E-state index is 0.190. The Hall–Kier alpha value is -1.52. The van der Waals surface area contributed by atoms with Crippen molar-refractivity contribution in [1.82, 2.24) is 9.64 Å². The third kappa shape index (κ3) is 2.46. The van der Waals surface area contributed by atoms with Crippen LogP contribution in [0.4, 0.5) is 4.79 Å². The summed E-state index contributed by atoms with van der Waals surface area (Å²) in [6, 6.07) is 0.0324. The van der Waals surface area contributed by atoms with Crippen LogP contribution in [0.1, 0.15) is 51.3 Å². The minimum atomic E-state index is -0.369. The van der Waals surface area contributed by atoms with Crippen LogP contribution in [0.3, 0.4) is 0 Å². The Balaban J connectivity index is 2.38. The lowest BCUT2D eigenvalue weighted by Crippen LogP contribution is -2.37. The van der Waals surface area contributed by atoms with Crippen molar-refractivity contribution in [2.24, 2.45) is 0 Å². The molecule has 5 heteroatoms. The highest BCUT2D eigenvalue weighted by molar-refractivity contribution is 5.77. The first-order valence-electron chi connectivity index (χ1n) is 7.15. The number of nitrogens with zero attached hydrogens (tertiary/aromatic N) is 2. The van der Waals surface area contributed by atoms with Crippen molar-refractivity contribution in [2.45, 2.75) is 58.9 Å². The van der Waals surface area contributed by atoms with Crippen LogP contribution < -0.4 is 5.63 Å². The molecule has 0 N–H and O–H groups in total. The van der Waals surface area contributed by atoms with E-state index < -0.39 is 0 Å². The van der Waals surface area contributed by atoms with Gasteiger partial charge in [-0.2, -0.15) is 0 Å². The lowest BCUT2D eigenvalue weighted by atomic mass is 10.1. The van der Waals surface area contributed by atoms with Crippen molar-refractivity contribution in [2.75, 3.05) is 6.54 Å². The van der Waals surface area contributed by atoms with Crippen molar-refractivity contribution >= 4 is 6.03 Å². The maximum absolute atomic E-state index is 12.5. The fourth-order valence-corrected chi connectivity index (χ4v) is 2.76. The van der Waals surface area contributed by atoms with Crippen LogP contribution in [-0.4, -0.2) is 28.3 Å². The minimum Gasteiger partial charge on any atom is -0.327 e. The summed E-state index contributed by atoms with van der Waals surface area (Å²) in [7, 11) is 0. The van der Waals surface area contributed by atoms with Crippen LogP contribution in [0.15, 0.2) is 9.32 Å².